The van der Waals surface area contributed by atoms with E-state index in [9.17, 15) is 8.42 Å². The van der Waals surface area contributed by atoms with Crippen molar-refractivity contribution in [2.24, 2.45) is 7.05 Å². The second-order valence-electron chi connectivity index (χ2n) is 4.14. The average Bonchev–Trinajstić information content (AvgIpc) is 2.86. The van der Waals surface area contributed by atoms with Gasteiger partial charge >= 0.3 is 0 Å². The summed E-state index contributed by atoms with van der Waals surface area (Å²) in [6, 6.07) is 3.12. The van der Waals surface area contributed by atoms with Crippen LogP contribution in [0.4, 0.5) is 0 Å². The normalized spacial score (nSPS) is 13.7. The van der Waals surface area contributed by atoms with Gasteiger partial charge in [-0.05, 0) is 26.0 Å². The molecule has 0 aliphatic heterocycles. The first-order valence-corrected chi connectivity index (χ1v) is 6.94. The Bertz CT molecular complexity index is 642. The maximum atomic E-state index is 12.0. The third kappa shape index (κ3) is 2.62. The predicted octanol–water partition coefficient (Wildman–Crippen LogP) is 1.36. The lowest BCUT2D eigenvalue weighted by molar-refractivity contribution is 0.441. The number of nitrogens with one attached hydrogen (secondary N) is 1. The van der Waals surface area contributed by atoms with Crippen LogP contribution in [-0.2, 0) is 17.1 Å². The van der Waals surface area contributed by atoms with Crippen molar-refractivity contribution >= 4 is 10.0 Å². The molecule has 0 saturated carbocycles. The van der Waals surface area contributed by atoms with Crippen LogP contribution in [-0.4, -0.2) is 18.2 Å². The number of rotatable bonds is 4. The van der Waals surface area contributed by atoms with Gasteiger partial charge in [0.05, 0.1) is 12.2 Å². The summed E-state index contributed by atoms with van der Waals surface area (Å²) in [4.78, 5) is 0.139. The summed E-state index contributed by atoms with van der Waals surface area (Å²) < 4.78 is 33.4. The van der Waals surface area contributed by atoms with Crippen LogP contribution in [0.15, 0.2) is 33.8 Å². The van der Waals surface area contributed by atoms with Gasteiger partial charge in [-0.1, -0.05) is 0 Å². The van der Waals surface area contributed by atoms with Gasteiger partial charge in [0, 0.05) is 13.2 Å². The zero-order chi connectivity index (χ0) is 13.3. The average molecular weight is 269 g/mol. The van der Waals surface area contributed by atoms with Crippen molar-refractivity contribution in [2.75, 3.05) is 0 Å². The third-order valence-corrected chi connectivity index (χ3v) is 4.01. The second-order valence-corrected chi connectivity index (χ2v) is 5.86. The first-order valence-electron chi connectivity index (χ1n) is 5.46. The molecule has 0 aliphatic carbocycles. The largest absolute Gasteiger partial charge is 0.465 e. The molecule has 0 aromatic carbocycles. The summed E-state index contributed by atoms with van der Waals surface area (Å²) in [7, 11) is -1.91. The van der Waals surface area contributed by atoms with Crippen molar-refractivity contribution in [1.29, 1.82) is 0 Å². The molecule has 0 aliphatic rings. The number of nitrogens with zero attached hydrogens (tertiary/aromatic N) is 2. The fourth-order valence-corrected chi connectivity index (χ4v) is 2.78. The number of sulfonamides is 1. The zero-order valence-corrected chi connectivity index (χ0v) is 11.2. The van der Waals surface area contributed by atoms with E-state index in [1.54, 1.807) is 26.1 Å². The summed E-state index contributed by atoms with van der Waals surface area (Å²) in [5.41, 5.74) is 0. The lowest BCUT2D eigenvalue weighted by Crippen LogP contribution is -2.26. The molecule has 0 bridgehead atoms. The van der Waals surface area contributed by atoms with Gasteiger partial charge in [0.2, 0.25) is 10.0 Å². The van der Waals surface area contributed by atoms with Gasteiger partial charge in [-0.2, -0.15) is 5.10 Å². The SMILES string of the molecule is Cc1ccc([C@@H](C)NS(=O)(=O)c2cnn(C)c2)o1. The molecule has 6 nitrogen and oxygen atoms in total. The molecule has 0 amide bonds. The van der Waals surface area contributed by atoms with Crippen LogP contribution in [0.3, 0.4) is 0 Å². The van der Waals surface area contributed by atoms with Crippen molar-refractivity contribution in [1.82, 2.24) is 14.5 Å². The number of aryl methyl sites for hydroxylation is 2. The molecule has 2 heterocycles. The van der Waals surface area contributed by atoms with E-state index in [-0.39, 0.29) is 4.90 Å². The Kier molecular flexibility index (Phi) is 3.27. The smallest absolute Gasteiger partial charge is 0.244 e. The zero-order valence-electron chi connectivity index (χ0n) is 10.4. The van der Waals surface area contributed by atoms with E-state index >= 15 is 0 Å². The second kappa shape index (κ2) is 4.58. The van der Waals surface area contributed by atoms with Gasteiger partial charge in [0.15, 0.2) is 0 Å². The Balaban J connectivity index is 2.18. The monoisotopic (exact) mass is 269 g/mol. The molecule has 0 saturated heterocycles. The molecule has 2 rings (SSSR count). The molecule has 1 atom stereocenters. The highest BCUT2D eigenvalue weighted by atomic mass is 32.2. The molecule has 7 heteroatoms. The van der Waals surface area contributed by atoms with E-state index in [0.717, 1.165) is 5.76 Å². The van der Waals surface area contributed by atoms with E-state index in [1.165, 1.54) is 17.1 Å². The Labute approximate surface area is 106 Å². The van der Waals surface area contributed by atoms with Gasteiger partial charge in [0.1, 0.15) is 16.4 Å². The van der Waals surface area contributed by atoms with Gasteiger partial charge in [-0.3, -0.25) is 4.68 Å². The Morgan fingerprint density at radius 2 is 2.17 bits per heavy atom. The lowest BCUT2D eigenvalue weighted by atomic mass is 10.3. The van der Waals surface area contributed by atoms with Crippen LogP contribution >= 0.6 is 0 Å². The van der Waals surface area contributed by atoms with Crippen LogP contribution in [0.2, 0.25) is 0 Å². The van der Waals surface area contributed by atoms with Crippen LogP contribution < -0.4 is 4.72 Å². The van der Waals surface area contributed by atoms with E-state index < -0.39 is 16.1 Å². The quantitative estimate of drug-likeness (QED) is 0.909. The minimum atomic E-state index is -3.57. The fraction of sp³-hybridized carbons (Fsp3) is 0.364. The predicted molar refractivity (Wildman–Crippen MR) is 65.4 cm³/mol. The van der Waals surface area contributed by atoms with Crippen molar-refractivity contribution in [3.8, 4) is 0 Å². The van der Waals surface area contributed by atoms with Crippen LogP contribution in [0.25, 0.3) is 0 Å². The Hall–Kier alpha value is -1.60. The molecular weight excluding hydrogens is 254 g/mol. The highest BCUT2D eigenvalue weighted by Crippen LogP contribution is 2.18. The van der Waals surface area contributed by atoms with E-state index in [1.807, 2.05) is 6.92 Å². The first kappa shape index (κ1) is 12.8. The van der Waals surface area contributed by atoms with Gasteiger partial charge in [-0.25, -0.2) is 13.1 Å². The lowest BCUT2D eigenvalue weighted by Gasteiger charge is -2.10. The minimum Gasteiger partial charge on any atom is -0.465 e. The molecule has 0 unspecified atom stereocenters. The number of hydrogen-bond donors (Lipinski definition) is 1. The molecule has 0 fully saturated rings. The van der Waals surface area contributed by atoms with Crippen LogP contribution in [0.5, 0.6) is 0 Å². The fourth-order valence-electron chi connectivity index (χ4n) is 1.58. The maximum absolute atomic E-state index is 12.0. The highest BCUT2D eigenvalue weighted by molar-refractivity contribution is 7.89. The number of aromatic nitrogens is 2. The molecule has 0 spiro atoms. The van der Waals surface area contributed by atoms with E-state index in [2.05, 4.69) is 9.82 Å². The van der Waals surface area contributed by atoms with Gasteiger partial charge < -0.3 is 4.42 Å². The molecule has 2 aromatic rings. The molecule has 2 aromatic heterocycles. The molecular formula is C11H15N3O3S. The van der Waals surface area contributed by atoms with E-state index in [4.69, 9.17) is 4.42 Å². The van der Waals surface area contributed by atoms with Crippen molar-refractivity contribution in [2.45, 2.75) is 24.8 Å². The Morgan fingerprint density at radius 3 is 2.67 bits per heavy atom. The highest BCUT2D eigenvalue weighted by Gasteiger charge is 2.21. The van der Waals surface area contributed by atoms with Crippen molar-refractivity contribution < 1.29 is 12.8 Å². The topological polar surface area (TPSA) is 77.1 Å². The maximum Gasteiger partial charge on any atom is 0.244 e. The van der Waals surface area contributed by atoms with Gasteiger partial charge in [0.25, 0.3) is 0 Å². The van der Waals surface area contributed by atoms with Crippen LogP contribution in [0.1, 0.15) is 24.5 Å². The minimum absolute atomic E-state index is 0.139. The van der Waals surface area contributed by atoms with E-state index in [0.29, 0.717) is 5.76 Å². The molecule has 1 N–H and O–H groups in total. The van der Waals surface area contributed by atoms with Gasteiger partial charge in [-0.15, -0.1) is 0 Å². The molecule has 0 radical (unpaired) electrons. The summed E-state index contributed by atoms with van der Waals surface area (Å²) in [6.45, 7) is 3.54. The Morgan fingerprint density at radius 1 is 1.44 bits per heavy atom. The summed E-state index contributed by atoms with van der Waals surface area (Å²) in [6.07, 6.45) is 2.75. The van der Waals surface area contributed by atoms with Crippen molar-refractivity contribution in [3.05, 3.63) is 36.0 Å². The summed E-state index contributed by atoms with van der Waals surface area (Å²) in [5.74, 6) is 1.33. The molecule has 18 heavy (non-hydrogen) atoms. The standard InChI is InChI=1S/C11H15N3O3S/c1-8-4-5-11(17-8)9(2)13-18(15,16)10-6-12-14(3)7-10/h4-7,9,13H,1-3H3/t9-/m1/s1. The summed E-state index contributed by atoms with van der Waals surface area (Å²) in [5, 5.41) is 3.84. The summed E-state index contributed by atoms with van der Waals surface area (Å²) >= 11 is 0. The first-order chi connectivity index (χ1) is 8.38. The molecule has 98 valence electrons. The van der Waals surface area contributed by atoms with Crippen LogP contribution in [0, 0.1) is 6.92 Å². The van der Waals surface area contributed by atoms with Crippen molar-refractivity contribution in [3.63, 3.8) is 0 Å². The number of hydrogen-bond acceptors (Lipinski definition) is 4. The third-order valence-electron chi connectivity index (χ3n) is 2.51. The number of furan rings is 1.